The van der Waals surface area contributed by atoms with Crippen molar-refractivity contribution in [2.24, 2.45) is 11.1 Å². The van der Waals surface area contributed by atoms with E-state index in [1.165, 1.54) is 37.7 Å². The van der Waals surface area contributed by atoms with Crippen LogP contribution >= 0.6 is 0 Å². The van der Waals surface area contributed by atoms with Crippen LogP contribution in [0.5, 0.6) is 5.75 Å². The zero-order valence-electron chi connectivity index (χ0n) is 11.6. The summed E-state index contributed by atoms with van der Waals surface area (Å²) in [6.45, 7) is 5.05. The van der Waals surface area contributed by atoms with E-state index in [9.17, 15) is 0 Å². The lowest BCUT2D eigenvalue weighted by atomic mass is 9.69. The Morgan fingerprint density at radius 1 is 1.17 bits per heavy atom. The van der Waals surface area contributed by atoms with E-state index >= 15 is 0 Å². The van der Waals surface area contributed by atoms with Gasteiger partial charge < -0.3 is 10.5 Å². The molecule has 0 spiro atoms. The van der Waals surface area contributed by atoms with Crippen LogP contribution in [0.2, 0.25) is 0 Å². The number of hydrogen-bond acceptors (Lipinski definition) is 2. The Kier molecular flexibility index (Phi) is 4.28. The van der Waals surface area contributed by atoms with Gasteiger partial charge in [-0.05, 0) is 42.9 Å². The maximum atomic E-state index is 6.49. The minimum atomic E-state index is 0.147. The minimum Gasteiger partial charge on any atom is -0.494 e. The summed E-state index contributed by atoms with van der Waals surface area (Å²) in [6, 6.07) is 8.45. The molecule has 1 aromatic carbocycles. The summed E-state index contributed by atoms with van der Waals surface area (Å²) >= 11 is 0. The molecule has 2 heteroatoms. The highest BCUT2D eigenvalue weighted by molar-refractivity contribution is 5.30. The number of ether oxygens (including phenoxy) is 1. The lowest BCUT2D eigenvalue weighted by Crippen LogP contribution is -2.33. The van der Waals surface area contributed by atoms with Gasteiger partial charge in [0.1, 0.15) is 5.75 Å². The average molecular weight is 247 g/mol. The van der Waals surface area contributed by atoms with Gasteiger partial charge in [0.2, 0.25) is 0 Å². The summed E-state index contributed by atoms with van der Waals surface area (Å²) in [5.41, 5.74) is 8.00. The van der Waals surface area contributed by atoms with Crippen molar-refractivity contribution in [3.63, 3.8) is 0 Å². The van der Waals surface area contributed by atoms with E-state index in [1.807, 2.05) is 19.1 Å². The normalized spacial score (nSPS) is 20.4. The third-order valence-corrected chi connectivity index (χ3v) is 4.30. The molecule has 0 heterocycles. The summed E-state index contributed by atoms with van der Waals surface area (Å²) < 4.78 is 5.47. The van der Waals surface area contributed by atoms with E-state index in [-0.39, 0.29) is 11.5 Å². The Labute approximate surface area is 111 Å². The second-order valence-electron chi connectivity index (χ2n) is 5.69. The predicted octanol–water partition coefficient (Wildman–Crippen LogP) is 4.06. The highest BCUT2D eigenvalue weighted by Gasteiger charge is 2.33. The number of rotatable bonds is 4. The van der Waals surface area contributed by atoms with Crippen molar-refractivity contribution in [1.82, 2.24) is 0 Å². The molecule has 1 atom stereocenters. The Bertz CT molecular complexity index is 365. The van der Waals surface area contributed by atoms with Crippen LogP contribution in [0.15, 0.2) is 24.3 Å². The molecule has 0 aliphatic heterocycles. The molecule has 1 unspecified atom stereocenters. The molecule has 1 fully saturated rings. The fourth-order valence-electron chi connectivity index (χ4n) is 3.01. The lowest BCUT2D eigenvalue weighted by Gasteiger charge is -2.39. The quantitative estimate of drug-likeness (QED) is 0.871. The number of hydrogen-bond donors (Lipinski definition) is 1. The van der Waals surface area contributed by atoms with Gasteiger partial charge in [-0.15, -0.1) is 0 Å². The number of benzene rings is 1. The second kappa shape index (κ2) is 5.75. The molecule has 2 N–H and O–H groups in total. The lowest BCUT2D eigenvalue weighted by molar-refractivity contribution is 0.170. The fourth-order valence-corrected chi connectivity index (χ4v) is 3.01. The van der Waals surface area contributed by atoms with E-state index in [4.69, 9.17) is 10.5 Å². The van der Waals surface area contributed by atoms with Gasteiger partial charge in [-0.2, -0.15) is 0 Å². The molecule has 100 valence electrons. The first-order chi connectivity index (χ1) is 8.65. The Morgan fingerprint density at radius 3 is 2.33 bits per heavy atom. The van der Waals surface area contributed by atoms with Crippen LogP contribution in [-0.2, 0) is 0 Å². The van der Waals surface area contributed by atoms with Gasteiger partial charge >= 0.3 is 0 Å². The Hall–Kier alpha value is -1.02. The maximum Gasteiger partial charge on any atom is 0.119 e. The van der Waals surface area contributed by atoms with Crippen molar-refractivity contribution >= 4 is 0 Å². The molecule has 1 aromatic rings. The topological polar surface area (TPSA) is 35.2 Å². The van der Waals surface area contributed by atoms with Crippen LogP contribution in [0.4, 0.5) is 0 Å². The van der Waals surface area contributed by atoms with E-state index < -0.39 is 0 Å². The molecule has 1 aliphatic carbocycles. The largest absolute Gasteiger partial charge is 0.494 e. The van der Waals surface area contributed by atoms with Gasteiger partial charge in [-0.25, -0.2) is 0 Å². The van der Waals surface area contributed by atoms with Crippen molar-refractivity contribution in [2.45, 2.75) is 52.0 Å². The Morgan fingerprint density at radius 2 is 1.78 bits per heavy atom. The molecule has 0 bridgehead atoms. The van der Waals surface area contributed by atoms with Crippen LogP contribution in [0.3, 0.4) is 0 Å². The van der Waals surface area contributed by atoms with Gasteiger partial charge in [0, 0.05) is 6.04 Å². The van der Waals surface area contributed by atoms with Gasteiger partial charge in [-0.3, -0.25) is 0 Å². The summed E-state index contributed by atoms with van der Waals surface area (Å²) in [7, 11) is 0. The van der Waals surface area contributed by atoms with E-state index in [0.29, 0.717) is 6.61 Å². The summed E-state index contributed by atoms with van der Waals surface area (Å²) in [5.74, 6) is 0.933. The third-order valence-electron chi connectivity index (χ3n) is 4.30. The standard InChI is InChI=1S/C16H25NO/c1-3-18-14-9-7-13(8-10-14)15(17)16(2)11-5-4-6-12-16/h7-10,15H,3-6,11-12,17H2,1-2H3. The van der Waals surface area contributed by atoms with E-state index in [2.05, 4.69) is 19.1 Å². The van der Waals surface area contributed by atoms with Crippen LogP contribution in [0.1, 0.15) is 57.6 Å². The van der Waals surface area contributed by atoms with Gasteiger partial charge in [0.15, 0.2) is 0 Å². The molecule has 0 amide bonds. The first kappa shape index (κ1) is 13.4. The SMILES string of the molecule is CCOc1ccc(C(N)C2(C)CCCCC2)cc1. The molecule has 1 aliphatic rings. The van der Waals surface area contributed by atoms with E-state index in [0.717, 1.165) is 5.75 Å². The first-order valence-electron chi connectivity index (χ1n) is 7.14. The van der Waals surface area contributed by atoms with Crippen molar-refractivity contribution in [3.05, 3.63) is 29.8 Å². The Balaban J connectivity index is 2.09. The molecule has 0 saturated heterocycles. The van der Waals surface area contributed by atoms with E-state index in [1.54, 1.807) is 0 Å². The average Bonchev–Trinajstić information content (AvgIpc) is 2.40. The summed E-state index contributed by atoms with van der Waals surface area (Å²) in [5, 5.41) is 0. The maximum absolute atomic E-state index is 6.49. The second-order valence-corrected chi connectivity index (χ2v) is 5.69. The highest BCUT2D eigenvalue weighted by atomic mass is 16.5. The van der Waals surface area contributed by atoms with Gasteiger partial charge in [0.25, 0.3) is 0 Å². The predicted molar refractivity (Wildman–Crippen MR) is 75.7 cm³/mol. The molecule has 2 nitrogen and oxygen atoms in total. The van der Waals surface area contributed by atoms with Crippen LogP contribution in [0.25, 0.3) is 0 Å². The summed E-state index contributed by atoms with van der Waals surface area (Å²) in [4.78, 5) is 0. The first-order valence-corrected chi connectivity index (χ1v) is 7.14. The zero-order chi connectivity index (χ0) is 13.0. The molecule has 2 rings (SSSR count). The smallest absolute Gasteiger partial charge is 0.119 e. The molecular weight excluding hydrogens is 222 g/mol. The van der Waals surface area contributed by atoms with Crippen LogP contribution in [-0.4, -0.2) is 6.61 Å². The molecule has 1 saturated carbocycles. The molecule has 18 heavy (non-hydrogen) atoms. The minimum absolute atomic E-state index is 0.147. The summed E-state index contributed by atoms with van der Waals surface area (Å²) in [6.07, 6.45) is 6.51. The van der Waals surface area contributed by atoms with Gasteiger partial charge in [0.05, 0.1) is 6.61 Å². The highest BCUT2D eigenvalue weighted by Crippen LogP contribution is 2.44. The monoisotopic (exact) mass is 247 g/mol. The van der Waals surface area contributed by atoms with Crippen LogP contribution in [0, 0.1) is 5.41 Å². The van der Waals surface area contributed by atoms with Crippen molar-refractivity contribution in [2.75, 3.05) is 6.61 Å². The molecular formula is C16H25NO. The fraction of sp³-hybridized carbons (Fsp3) is 0.625. The number of nitrogens with two attached hydrogens (primary N) is 1. The van der Waals surface area contributed by atoms with Crippen molar-refractivity contribution < 1.29 is 4.74 Å². The zero-order valence-corrected chi connectivity index (χ0v) is 11.6. The molecule has 0 aromatic heterocycles. The third kappa shape index (κ3) is 2.86. The van der Waals surface area contributed by atoms with Crippen molar-refractivity contribution in [3.8, 4) is 5.75 Å². The van der Waals surface area contributed by atoms with Gasteiger partial charge in [-0.1, -0.05) is 38.3 Å². The van der Waals surface area contributed by atoms with Crippen molar-refractivity contribution in [1.29, 1.82) is 0 Å². The molecule has 0 radical (unpaired) electrons. The van der Waals surface area contributed by atoms with Crippen LogP contribution < -0.4 is 10.5 Å².